The molecule has 118 valence electrons. The quantitative estimate of drug-likeness (QED) is 0.890. The van der Waals surface area contributed by atoms with E-state index in [1.807, 2.05) is 19.1 Å². The second-order valence-electron chi connectivity index (χ2n) is 5.11. The van der Waals surface area contributed by atoms with Gasteiger partial charge in [0, 0.05) is 24.8 Å². The van der Waals surface area contributed by atoms with Crippen molar-refractivity contribution in [3.63, 3.8) is 0 Å². The Bertz CT molecular complexity index is 625. The third-order valence-corrected chi connectivity index (χ3v) is 3.84. The van der Waals surface area contributed by atoms with Crippen LogP contribution in [0.15, 0.2) is 36.5 Å². The fourth-order valence-electron chi connectivity index (χ4n) is 2.36. The Morgan fingerprint density at radius 2 is 2.05 bits per heavy atom. The first-order valence-corrected chi connectivity index (χ1v) is 7.61. The van der Waals surface area contributed by atoms with Crippen molar-refractivity contribution in [2.75, 3.05) is 13.7 Å². The lowest BCUT2D eigenvalue weighted by atomic mass is 10.1. The van der Waals surface area contributed by atoms with E-state index in [2.05, 4.69) is 5.10 Å². The molecule has 0 bridgehead atoms. The maximum atomic E-state index is 12.7. The van der Waals surface area contributed by atoms with E-state index >= 15 is 0 Å². The fraction of sp³-hybridized carbons (Fsp3) is 0.375. The van der Waals surface area contributed by atoms with Gasteiger partial charge in [-0.15, -0.1) is 0 Å². The van der Waals surface area contributed by atoms with Crippen LogP contribution in [0.2, 0.25) is 5.02 Å². The van der Waals surface area contributed by atoms with Gasteiger partial charge in [-0.25, -0.2) is 0 Å². The lowest BCUT2D eigenvalue weighted by Crippen LogP contribution is -2.34. The molecule has 1 aromatic heterocycles. The Morgan fingerprint density at radius 3 is 2.64 bits per heavy atom. The van der Waals surface area contributed by atoms with Crippen LogP contribution in [0.4, 0.5) is 0 Å². The minimum atomic E-state index is -0.422. The number of amides is 1. The maximum absolute atomic E-state index is 12.7. The van der Waals surface area contributed by atoms with Crippen molar-refractivity contribution >= 4 is 17.5 Å². The molecule has 0 saturated heterocycles. The second-order valence-corrected chi connectivity index (χ2v) is 5.54. The van der Waals surface area contributed by atoms with Gasteiger partial charge in [-0.3, -0.25) is 9.48 Å². The third kappa shape index (κ3) is 3.48. The molecule has 1 atom stereocenters. The molecule has 0 aliphatic carbocycles. The predicted octanol–water partition coefficient (Wildman–Crippen LogP) is 2.75. The first-order chi connectivity index (χ1) is 10.6. The number of likely N-dealkylation sites (N-methyl/N-ethyl adjacent to an activating group) is 1. The Balaban J connectivity index is 2.23. The average Bonchev–Trinajstić information content (AvgIpc) is 2.97. The number of aryl methyl sites for hydroxylation is 1. The summed E-state index contributed by atoms with van der Waals surface area (Å²) in [6.07, 6.45) is 2.51. The summed E-state index contributed by atoms with van der Waals surface area (Å²) >= 11 is 5.88. The molecule has 0 saturated carbocycles. The molecule has 1 aromatic carbocycles. The summed E-state index contributed by atoms with van der Waals surface area (Å²) in [6.45, 7) is 2.56. The lowest BCUT2D eigenvalue weighted by Gasteiger charge is -2.27. The van der Waals surface area contributed by atoms with Crippen molar-refractivity contribution < 1.29 is 9.90 Å². The normalized spacial score (nSPS) is 12.2. The summed E-state index contributed by atoms with van der Waals surface area (Å²) < 4.78 is 1.69. The number of aliphatic hydroxyl groups excluding tert-OH is 1. The number of carbonyl (C=O) groups excluding carboxylic acids is 1. The van der Waals surface area contributed by atoms with Gasteiger partial charge >= 0.3 is 0 Å². The van der Waals surface area contributed by atoms with Crippen LogP contribution in [0.25, 0.3) is 0 Å². The number of halogens is 1. The van der Waals surface area contributed by atoms with Crippen molar-refractivity contribution in [1.82, 2.24) is 14.7 Å². The molecule has 0 fully saturated rings. The van der Waals surface area contributed by atoms with Crippen LogP contribution in [-0.2, 0) is 6.54 Å². The first kappa shape index (κ1) is 16.5. The highest BCUT2D eigenvalue weighted by atomic mass is 35.5. The van der Waals surface area contributed by atoms with Gasteiger partial charge in [0.25, 0.3) is 5.91 Å². The molecule has 0 spiro atoms. The van der Waals surface area contributed by atoms with E-state index in [9.17, 15) is 9.90 Å². The highest BCUT2D eigenvalue weighted by Gasteiger charge is 2.24. The van der Waals surface area contributed by atoms with Crippen molar-refractivity contribution in [3.8, 4) is 0 Å². The molecule has 1 heterocycles. The van der Waals surface area contributed by atoms with E-state index in [1.165, 1.54) is 4.90 Å². The van der Waals surface area contributed by atoms with Crippen LogP contribution >= 0.6 is 11.6 Å². The molecule has 1 unspecified atom stereocenters. The average molecular weight is 322 g/mol. The molecule has 2 rings (SSSR count). The molecular formula is C16H20ClN3O2. The smallest absolute Gasteiger partial charge is 0.272 e. The van der Waals surface area contributed by atoms with Gasteiger partial charge in [0.05, 0.1) is 12.6 Å². The Hall–Kier alpha value is -1.85. The van der Waals surface area contributed by atoms with Crippen molar-refractivity contribution in [2.24, 2.45) is 0 Å². The van der Waals surface area contributed by atoms with Gasteiger partial charge in [-0.1, -0.05) is 30.7 Å². The topological polar surface area (TPSA) is 58.4 Å². The molecule has 1 amide bonds. The van der Waals surface area contributed by atoms with E-state index in [4.69, 9.17) is 11.6 Å². The van der Waals surface area contributed by atoms with Gasteiger partial charge in [0.2, 0.25) is 0 Å². The number of aliphatic hydroxyl groups is 1. The molecule has 5 nitrogen and oxygen atoms in total. The standard InChI is InChI=1S/C16H20ClN3O2/c1-3-10-20-14(8-9-18-20)16(22)19(2)15(11-21)12-4-6-13(17)7-5-12/h4-9,15,21H,3,10-11H2,1-2H3. The Morgan fingerprint density at radius 1 is 1.36 bits per heavy atom. The molecule has 0 aliphatic heterocycles. The number of nitrogens with zero attached hydrogens (tertiary/aromatic N) is 3. The fourth-order valence-corrected chi connectivity index (χ4v) is 2.49. The van der Waals surface area contributed by atoms with E-state index in [1.54, 1.807) is 36.1 Å². The van der Waals surface area contributed by atoms with Crippen LogP contribution in [0.5, 0.6) is 0 Å². The van der Waals surface area contributed by atoms with Gasteiger partial charge in [-0.2, -0.15) is 5.10 Å². The SMILES string of the molecule is CCCn1nccc1C(=O)N(C)C(CO)c1ccc(Cl)cc1. The van der Waals surface area contributed by atoms with Gasteiger partial charge in [0.1, 0.15) is 5.69 Å². The lowest BCUT2D eigenvalue weighted by molar-refractivity contribution is 0.0646. The zero-order valence-electron chi connectivity index (χ0n) is 12.7. The highest BCUT2D eigenvalue weighted by Crippen LogP contribution is 2.22. The maximum Gasteiger partial charge on any atom is 0.272 e. The van der Waals surface area contributed by atoms with Crippen LogP contribution < -0.4 is 0 Å². The Kier molecular flexibility index (Phi) is 5.57. The molecule has 22 heavy (non-hydrogen) atoms. The summed E-state index contributed by atoms with van der Waals surface area (Å²) in [5, 5.41) is 14.5. The molecule has 1 N–H and O–H groups in total. The minimum absolute atomic E-state index is 0.161. The zero-order valence-corrected chi connectivity index (χ0v) is 13.5. The molecular weight excluding hydrogens is 302 g/mol. The van der Waals surface area contributed by atoms with E-state index in [0.29, 0.717) is 17.3 Å². The van der Waals surface area contributed by atoms with Crippen LogP contribution in [0, 0.1) is 0 Å². The summed E-state index contributed by atoms with van der Waals surface area (Å²) in [6, 6.07) is 8.41. The number of aromatic nitrogens is 2. The summed E-state index contributed by atoms with van der Waals surface area (Å²) in [4.78, 5) is 14.2. The first-order valence-electron chi connectivity index (χ1n) is 7.23. The summed E-state index contributed by atoms with van der Waals surface area (Å²) in [5.74, 6) is -0.167. The third-order valence-electron chi connectivity index (χ3n) is 3.59. The number of rotatable bonds is 6. The van der Waals surface area contributed by atoms with Crippen molar-refractivity contribution in [3.05, 3.63) is 52.8 Å². The van der Waals surface area contributed by atoms with Crippen molar-refractivity contribution in [2.45, 2.75) is 25.9 Å². The number of carbonyl (C=O) groups is 1. The largest absolute Gasteiger partial charge is 0.394 e. The number of hydrogen-bond acceptors (Lipinski definition) is 3. The van der Waals surface area contributed by atoms with E-state index < -0.39 is 6.04 Å². The minimum Gasteiger partial charge on any atom is -0.394 e. The molecule has 2 aromatic rings. The van der Waals surface area contributed by atoms with Crippen molar-refractivity contribution in [1.29, 1.82) is 0 Å². The van der Waals surface area contributed by atoms with E-state index in [-0.39, 0.29) is 12.5 Å². The second kappa shape index (κ2) is 7.42. The predicted molar refractivity (Wildman–Crippen MR) is 85.9 cm³/mol. The highest BCUT2D eigenvalue weighted by molar-refractivity contribution is 6.30. The van der Waals surface area contributed by atoms with E-state index in [0.717, 1.165) is 12.0 Å². The number of hydrogen-bond donors (Lipinski definition) is 1. The molecule has 0 aliphatic rings. The summed E-state index contributed by atoms with van der Waals surface area (Å²) in [5.41, 5.74) is 1.36. The van der Waals surface area contributed by atoms with Gasteiger partial charge in [-0.05, 0) is 30.2 Å². The van der Waals surface area contributed by atoms with Crippen LogP contribution in [0.3, 0.4) is 0 Å². The monoisotopic (exact) mass is 321 g/mol. The molecule has 6 heteroatoms. The zero-order chi connectivity index (χ0) is 16.1. The van der Waals surface area contributed by atoms with Crippen LogP contribution in [-0.4, -0.2) is 39.3 Å². The Labute approximate surface area is 135 Å². The summed E-state index contributed by atoms with van der Waals surface area (Å²) in [7, 11) is 1.68. The van der Waals surface area contributed by atoms with Gasteiger partial charge in [0.15, 0.2) is 0 Å². The number of benzene rings is 1. The van der Waals surface area contributed by atoms with Gasteiger partial charge < -0.3 is 10.0 Å². The molecule has 0 radical (unpaired) electrons. The van der Waals surface area contributed by atoms with Crippen LogP contribution in [0.1, 0.15) is 35.4 Å².